The maximum Gasteiger partial charge on any atom is 0.329 e. The topological polar surface area (TPSA) is 46.5 Å². The van der Waals surface area contributed by atoms with Crippen molar-refractivity contribution in [2.75, 3.05) is 18.5 Å². The first-order chi connectivity index (χ1) is 4.77. The number of ether oxygens (including phenoxy) is 1. The van der Waals surface area contributed by atoms with Gasteiger partial charge in [-0.3, -0.25) is 0 Å². The summed E-state index contributed by atoms with van der Waals surface area (Å²) in [6, 6.07) is 0. The molecule has 0 saturated heterocycles. The molecule has 0 fully saturated rings. The molecule has 4 heteroatoms. The van der Waals surface area contributed by atoms with Gasteiger partial charge in [-0.15, -0.1) is 0 Å². The lowest BCUT2D eigenvalue weighted by atomic mass is 10.4. The molecule has 0 aromatic rings. The highest BCUT2D eigenvalue weighted by Crippen LogP contribution is 1.93. The number of hydrogen-bond donors (Lipinski definition) is 1. The van der Waals surface area contributed by atoms with Crippen molar-refractivity contribution in [2.45, 2.75) is 12.8 Å². The standard InChI is InChI=1S/C6H11BrO3/c7-3-1-2-4-10-5-6(8)9/h1-5H2,(H,8,9). The molecule has 0 saturated carbocycles. The number of halogens is 1. The van der Waals surface area contributed by atoms with E-state index in [2.05, 4.69) is 15.9 Å². The van der Waals surface area contributed by atoms with E-state index in [1.807, 2.05) is 0 Å². The molecule has 1 N–H and O–H groups in total. The number of carboxylic acids is 1. The van der Waals surface area contributed by atoms with Crippen molar-refractivity contribution < 1.29 is 14.6 Å². The number of carboxylic acid groups (broad SMARTS) is 1. The van der Waals surface area contributed by atoms with Gasteiger partial charge in [-0.25, -0.2) is 4.79 Å². The molecule has 0 amide bonds. The van der Waals surface area contributed by atoms with Crippen LogP contribution in [0.4, 0.5) is 0 Å². The molecule has 0 unspecified atom stereocenters. The van der Waals surface area contributed by atoms with Gasteiger partial charge in [0.05, 0.1) is 0 Å². The van der Waals surface area contributed by atoms with Crippen molar-refractivity contribution in [3.05, 3.63) is 0 Å². The van der Waals surface area contributed by atoms with E-state index in [4.69, 9.17) is 9.84 Å². The third-order valence-corrected chi connectivity index (χ3v) is 1.46. The number of aliphatic carboxylic acids is 1. The molecular formula is C6H11BrO3. The van der Waals surface area contributed by atoms with Gasteiger partial charge in [0, 0.05) is 11.9 Å². The zero-order chi connectivity index (χ0) is 7.82. The first kappa shape index (κ1) is 9.91. The molecule has 0 heterocycles. The van der Waals surface area contributed by atoms with Crippen LogP contribution in [-0.4, -0.2) is 29.6 Å². The summed E-state index contributed by atoms with van der Waals surface area (Å²) < 4.78 is 4.78. The summed E-state index contributed by atoms with van der Waals surface area (Å²) >= 11 is 3.26. The largest absolute Gasteiger partial charge is 0.480 e. The van der Waals surface area contributed by atoms with E-state index in [-0.39, 0.29) is 6.61 Å². The van der Waals surface area contributed by atoms with Gasteiger partial charge in [0.2, 0.25) is 0 Å². The van der Waals surface area contributed by atoms with Gasteiger partial charge in [0.25, 0.3) is 0 Å². The summed E-state index contributed by atoms with van der Waals surface area (Å²) in [6.07, 6.45) is 1.94. The zero-order valence-electron chi connectivity index (χ0n) is 5.68. The molecule has 0 aliphatic carbocycles. The van der Waals surface area contributed by atoms with Crippen LogP contribution in [0.5, 0.6) is 0 Å². The van der Waals surface area contributed by atoms with Crippen LogP contribution in [0.3, 0.4) is 0 Å². The Bertz CT molecular complexity index is 95.0. The number of rotatable bonds is 6. The van der Waals surface area contributed by atoms with Gasteiger partial charge >= 0.3 is 5.97 Å². The number of carbonyl (C=O) groups is 1. The molecule has 0 aromatic carbocycles. The van der Waals surface area contributed by atoms with Crippen LogP contribution in [0.1, 0.15) is 12.8 Å². The zero-order valence-corrected chi connectivity index (χ0v) is 7.26. The van der Waals surface area contributed by atoms with Gasteiger partial charge in [0.15, 0.2) is 0 Å². The van der Waals surface area contributed by atoms with E-state index in [0.717, 1.165) is 18.2 Å². The highest BCUT2D eigenvalue weighted by atomic mass is 79.9. The monoisotopic (exact) mass is 210 g/mol. The van der Waals surface area contributed by atoms with Gasteiger partial charge in [0.1, 0.15) is 6.61 Å². The maximum absolute atomic E-state index is 9.90. The van der Waals surface area contributed by atoms with E-state index < -0.39 is 5.97 Å². The molecule has 0 aromatic heterocycles. The smallest absolute Gasteiger partial charge is 0.329 e. The van der Waals surface area contributed by atoms with Crippen molar-refractivity contribution >= 4 is 21.9 Å². The van der Waals surface area contributed by atoms with Crippen molar-refractivity contribution in [3.63, 3.8) is 0 Å². The Labute approximate surface area is 68.5 Å². The minimum Gasteiger partial charge on any atom is -0.480 e. The average molecular weight is 211 g/mol. The van der Waals surface area contributed by atoms with Crippen molar-refractivity contribution in [1.29, 1.82) is 0 Å². The fraction of sp³-hybridized carbons (Fsp3) is 0.833. The quantitative estimate of drug-likeness (QED) is 0.531. The Morgan fingerprint density at radius 1 is 1.50 bits per heavy atom. The van der Waals surface area contributed by atoms with Crippen LogP contribution in [0.2, 0.25) is 0 Å². The molecule has 0 spiro atoms. The molecule has 0 aliphatic heterocycles. The average Bonchev–Trinajstić information content (AvgIpc) is 1.87. The van der Waals surface area contributed by atoms with Crippen LogP contribution in [-0.2, 0) is 9.53 Å². The fourth-order valence-corrected chi connectivity index (χ4v) is 0.855. The Kier molecular flexibility index (Phi) is 6.96. The number of unbranched alkanes of at least 4 members (excludes halogenated alkanes) is 1. The second-order valence-corrected chi connectivity index (χ2v) is 2.64. The van der Waals surface area contributed by atoms with Gasteiger partial charge in [-0.05, 0) is 12.8 Å². The highest BCUT2D eigenvalue weighted by molar-refractivity contribution is 9.09. The summed E-state index contributed by atoms with van der Waals surface area (Å²) in [4.78, 5) is 9.90. The lowest BCUT2D eigenvalue weighted by molar-refractivity contribution is -0.142. The van der Waals surface area contributed by atoms with Crippen molar-refractivity contribution in [2.24, 2.45) is 0 Å². The van der Waals surface area contributed by atoms with Gasteiger partial charge in [-0.2, -0.15) is 0 Å². The number of hydrogen-bond acceptors (Lipinski definition) is 2. The summed E-state index contributed by atoms with van der Waals surface area (Å²) in [6.45, 7) is 0.361. The third kappa shape index (κ3) is 7.91. The van der Waals surface area contributed by atoms with Crippen LogP contribution >= 0.6 is 15.9 Å². The van der Waals surface area contributed by atoms with Crippen LogP contribution < -0.4 is 0 Å². The summed E-state index contributed by atoms with van der Waals surface area (Å²) in [5.74, 6) is -0.904. The molecule has 3 nitrogen and oxygen atoms in total. The normalized spacial score (nSPS) is 9.70. The lowest BCUT2D eigenvalue weighted by Gasteiger charge is -1.97. The van der Waals surface area contributed by atoms with E-state index >= 15 is 0 Å². The predicted octanol–water partition coefficient (Wildman–Crippen LogP) is 1.26. The SMILES string of the molecule is O=C(O)COCCCCBr. The Balaban J connectivity index is 2.84. The van der Waals surface area contributed by atoms with Crippen molar-refractivity contribution in [3.8, 4) is 0 Å². The molecule has 0 bridgehead atoms. The third-order valence-electron chi connectivity index (χ3n) is 0.898. The Morgan fingerprint density at radius 2 is 2.20 bits per heavy atom. The summed E-state index contributed by atoms with van der Waals surface area (Å²) in [5.41, 5.74) is 0. The second kappa shape index (κ2) is 7.02. The van der Waals surface area contributed by atoms with E-state index in [9.17, 15) is 4.79 Å². The lowest BCUT2D eigenvalue weighted by Crippen LogP contribution is -2.07. The van der Waals surface area contributed by atoms with Crippen LogP contribution in [0, 0.1) is 0 Å². The van der Waals surface area contributed by atoms with E-state index in [0.29, 0.717) is 6.61 Å². The second-order valence-electron chi connectivity index (χ2n) is 1.84. The van der Waals surface area contributed by atoms with E-state index in [1.165, 1.54) is 0 Å². The maximum atomic E-state index is 9.90. The van der Waals surface area contributed by atoms with Gasteiger partial charge in [-0.1, -0.05) is 15.9 Å². The van der Waals surface area contributed by atoms with Crippen LogP contribution in [0.25, 0.3) is 0 Å². The molecule has 0 radical (unpaired) electrons. The molecule has 10 heavy (non-hydrogen) atoms. The van der Waals surface area contributed by atoms with E-state index in [1.54, 1.807) is 0 Å². The first-order valence-electron chi connectivity index (χ1n) is 3.13. The number of alkyl halides is 1. The molecule has 0 rings (SSSR count). The Morgan fingerprint density at radius 3 is 2.70 bits per heavy atom. The predicted molar refractivity (Wildman–Crippen MR) is 41.5 cm³/mol. The van der Waals surface area contributed by atoms with Crippen molar-refractivity contribution in [1.82, 2.24) is 0 Å². The molecular weight excluding hydrogens is 200 g/mol. The minimum absolute atomic E-state index is 0.178. The molecule has 60 valence electrons. The molecule has 0 aliphatic rings. The van der Waals surface area contributed by atoms with Gasteiger partial charge < -0.3 is 9.84 Å². The first-order valence-corrected chi connectivity index (χ1v) is 4.25. The summed E-state index contributed by atoms with van der Waals surface area (Å²) in [7, 11) is 0. The summed E-state index contributed by atoms with van der Waals surface area (Å²) in [5, 5.41) is 9.08. The highest BCUT2D eigenvalue weighted by Gasteiger charge is 1.94. The minimum atomic E-state index is -0.904. The Hall–Kier alpha value is -0.0900. The fourth-order valence-electron chi connectivity index (χ4n) is 0.458. The van der Waals surface area contributed by atoms with Crippen LogP contribution in [0.15, 0.2) is 0 Å². The molecule has 0 atom stereocenters.